The Morgan fingerprint density at radius 3 is 2.57 bits per heavy atom. The number of halogens is 1. The van der Waals surface area contributed by atoms with Crippen LogP contribution >= 0.6 is 0 Å². The SMILES string of the molecule is COC(=O)C1CCN(C(=O)N[C@@H](C)c2ccc(C)c(F)c2)CC1. The number of methoxy groups -OCH3 is 1. The van der Waals surface area contributed by atoms with Gasteiger partial charge in [0.05, 0.1) is 19.1 Å². The molecule has 0 spiro atoms. The molecule has 1 aliphatic rings. The first-order valence-corrected chi connectivity index (χ1v) is 7.81. The number of benzene rings is 1. The van der Waals surface area contributed by atoms with E-state index in [2.05, 4.69) is 5.32 Å². The summed E-state index contributed by atoms with van der Waals surface area (Å²) in [5.41, 5.74) is 1.31. The van der Waals surface area contributed by atoms with Gasteiger partial charge < -0.3 is 15.0 Å². The standard InChI is InChI=1S/C17H23FN2O3/c1-11-4-5-14(10-15(11)18)12(2)19-17(22)20-8-6-13(7-9-20)16(21)23-3/h4-5,10,12-13H,6-9H2,1-3H3,(H,19,22)/t12-/m0/s1. The lowest BCUT2D eigenvalue weighted by Crippen LogP contribution is -2.46. The predicted octanol–water partition coefficient (Wildman–Crippen LogP) is 2.79. The minimum Gasteiger partial charge on any atom is -0.469 e. The Hall–Kier alpha value is -2.11. The van der Waals surface area contributed by atoms with Crippen LogP contribution in [-0.4, -0.2) is 37.1 Å². The first-order valence-electron chi connectivity index (χ1n) is 7.81. The first kappa shape index (κ1) is 17.2. The molecule has 1 fully saturated rings. The molecule has 0 aliphatic carbocycles. The lowest BCUT2D eigenvalue weighted by Gasteiger charge is -2.31. The maximum atomic E-state index is 13.6. The highest BCUT2D eigenvalue weighted by Gasteiger charge is 2.28. The second-order valence-corrected chi connectivity index (χ2v) is 5.96. The van der Waals surface area contributed by atoms with Crippen LogP contribution in [0.5, 0.6) is 0 Å². The van der Waals surface area contributed by atoms with Gasteiger partial charge in [0.15, 0.2) is 0 Å². The van der Waals surface area contributed by atoms with Crippen molar-refractivity contribution in [3.8, 4) is 0 Å². The summed E-state index contributed by atoms with van der Waals surface area (Å²) in [6.07, 6.45) is 1.21. The van der Waals surface area contributed by atoms with Crippen LogP contribution in [0.2, 0.25) is 0 Å². The lowest BCUT2D eigenvalue weighted by molar-refractivity contribution is -0.146. The summed E-state index contributed by atoms with van der Waals surface area (Å²) >= 11 is 0. The van der Waals surface area contributed by atoms with Gasteiger partial charge in [-0.1, -0.05) is 12.1 Å². The van der Waals surface area contributed by atoms with Gasteiger partial charge in [0.2, 0.25) is 0 Å². The van der Waals surface area contributed by atoms with Crippen LogP contribution in [0.4, 0.5) is 9.18 Å². The van der Waals surface area contributed by atoms with Crippen molar-refractivity contribution in [2.75, 3.05) is 20.2 Å². The van der Waals surface area contributed by atoms with Crippen LogP contribution in [-0.2, 0) is 9.53 Å². The van der Waals surface area contributed by atoms with Crippen molar-refractivity contribution in [2.45, 2.75) is 32.7 Å². The van der Waals surface area contributed by atoms with E-state index in [1.165, 1.54) is 13.2 Å². The Kier molecular flexibility index (Phi) is 5.58. The average molecular weight is 322 g/mol. The van der Waals surface area contributed by atoms with Crippen molar-refractivity contribution in [1.29, 1.82) is 0 Å². The second-order valence-electron chi connectivity index (χ2n) is 5.96. The minimum absolute atomic E-state index is 0.132. The molecule has 6 heteroatoms. The van der Waals surface area contributed by atoms with Crippen molar-refractivity contribution in [3.63, 3.8) is 0 Å². The highest BCUT2D eigenvalue weighted by atomic mass is 19.1. The zero-order valence-electron chi connectivity index (χ0n) is 13.8. The summed E-state index contributed by atoms with van der Waals surface area (Å²) in [7, 11) is 1.38. The molecule has 1 saturated heterocycles. The molecule has 0 unspecified atom stereocenters. The smallest absolute Gasteiger partial charge is 0.317 e. The number of nitrogens with one attached hydrogen (secondary N) is 1. The number of carbonyl (C=O) groups is 2. The van der Waals surface area contributed by atoms with E-state index in [0.29, 0.717) is 31.5 Å². The second kappa shape index (κ2) is 7.44. The third kappa shape index (κ3) is 4.21. The number of esters is 1. The fourth-order valence-electron chi connectivity index (χ4n) is 2.72. The Morgan fingerprint density at radius 1 is 1.35 bits per heavy atom. The molecular weight excluding hydrogens is 299 g/mol. The van der Waals surface area contributed by atoms with Gasteiger partial charge in [0, 0.05) is 13.1 Å². The van der Waals surface area contributed by atoms with E-state index in [0.717, 1.165) is 5.56 Å². The van der Waals surface area contributed by atoms with E-state index in [1.54, 1.807) is 17.9 Å². The lowest BCUT2D eigenvalue weighted by atomic mass is 9.97. The zero-order chi connectivity index (χ0) is 17.0. The number of nitrogens with zero attached hydrogens (tertiary/aromatic N) is 1. The van der Waals surface area contributed by atoms with Crippen LogP contribution in [0.3, 0.4) is 0 Å². The molecule has 2 rings (SSSR count). The Labute approximate surface area is 135 Å². The molecule has 2 amide bonds. The number of hydrogen-bond acceptors (Lipinski definition) is 3. The Morgan fingerprint density at radius 2 is 2.00 bits per heavy atom. The van der Waals surface area contributed by atoms with Gasteiger partial charge in [-0.25, -0.2) is 9.18 Å². The first-order chi connectivity index (χ1) is 10.9. The largest absolute Gasteiger partial charge is 0.469 e. The van der Waals surface area contributed by atoms with Crippen molar-refractivity contribution >= 4 is 12.0 Å². The number of hydrogen-bond donors (Lipinski definition) is 1. The normalized spacial score (nSPS) is 16.8. The number of aryl methyl sites for hydroxylation is 1. The molecule has 1 aromatic carbocycles. The molecule has 0 aromatic heterocycles. The summed E-state index contributed by atoms with van der Waals surface area (Å²) in [6, 6.07) is 4.49. The van der Waals surface area contributed by atoms with Crippen LogP contribution in [0.25, 0.3) is 0 Å². The highest BCUT2D eigenvalue weighted by Crippen LogP contribution is 2.20. The quantitative estimate of drug-likeness (QED) is 0.871. The Bertz CT molecular complexity index is 583. The van der Waals surface area contributed by atoms with Gasteiger partial charge in [-0.2, -0.15) is 0 Å². The minimum atomic E-state index is -0.282. The molecule has 0 radical (unpaired) electrons. The Balaban J connectivity index is 1.89. The maximum absolute atomic E-state index is 13.6. The molecule has 1 atom stereocenters. The zero-order valence-corrected chi connectivity index (χ0v) is 13.8. The van der Waals surface area contributed by atoms with Gasteiger partial charge in [0.25, 0.3) is 0 Å². The summed E-state index contributed by atoms with van der Waals surface area (Å²) in [5, 5.41) is 2.87. The van der Waals surface area contributed by atoms with E-state index in [-0.39, 0.29) is 29.8 Å². The third-order valence-electron chi connectivity index (χ3n) is 4.35. The number of ether oxygens (including phenoxy) is 1. The molecule has 0 bridgehead atoms. The van der Waals surface area contributed by atoms with E-state index in [1.807, 2.05) is 13.0 Å². The average Bonchev–Trinajstić information content (AvgIpc) is 2.56. The molecule has 1 heterocycles. The summed E-state index contributed by atoms with van der Waals surface area (Å²) in [6.45, 7) is 4.55. The van der Waals surface area contributed by atoms with E-state index >= 15 is 0 Å². The maximum Gasteiger partial charge on any atom is 0.317 e. The summed E-state index contributed by atoms with van der Waals surface area (Å²) in [4.78, 5) is 25.5. The van der Waals surface area contributed by atoms with E-state index in [4.69, 9.17) is 4.74 Å². The molecule has 1 aliphatic heterocycles. The van der Waals surface area contributed by atoms with Gasteiger partial charge in [-0.3, -0.25) is 4.79 Å². The van der Waals surface area contributed by atoms with Crippen LogP contribution in [0.1, 0.15) is 36.9 Å². The van der Waals surface area contributed by atoms with Gasteiger partial charge in [-0.05, 0) is 43.9 Å². The molecule has 126 valence electrons. The van der Waals surface area contributed by atoms with Crippen LogP contribution < -0.4 is 5.32 Å². The van der Waals surface area contributed by atoms with Crippen LogP contribution in [0.15, 0.2) is 18.2 Å². The highest BCUT2D eigenvalue weighted by molar-refractivity contribution is 5.76. The van der Waals surface area contributed by atoms with E-state index in [9.17, 15) is 14.0 Å². The molecule has 0 saturated carbocycles. The topological polar surface area (TPSA) is 58.6 Å². The van der Waals surface area contributed by atoms with E-state index < -0.39 is 0 Å². The number of carbonyl (C=O) groups excluding carboxylic acids is 2. The van der Waals surface area contributed by atoms with Crippen molar-refractivity contribution in [2.24, 2.45) is 5.92 Å². The molecule has 1 aromatic rings. The third-order valence-corrected chi connectivity index (χ3v) is 4.35. The number of urea groups is 1. The summed E-state index contributed by atoms with van der Waals surface area (Å²) < 4.78 is 18.4. The van der Waals surface area contributed by atoms with Crippen molar-refractivity contribution < 1.29 is 18.7 Å². The molecule has 5 nitrogen and oxygen atoms in total. The van der Waals surface area contributed by atoms with Crippen LogP contribution in [0, 0.1) is 18.7 Å². The monoisotopic (exact) mass is 322 g/mol. The fraction of sp³-hybridized carbons (Fsp3) is 0.529. The van der Waals surface area contributed by atoms with Crippen molar-refractivity contribution in [1.82, 2.24) is 10.2 Å². The van der Waals surface area contributed by atoms with Gasteiger partial charge >= 0.3 is 12.0 Å². The van der Waals surface area contributed by atoms with Gasteiger partial charge in [0.1, 0.15) is 5.82 Å². The number of likely N-dealkylation sites (tertiary alicyclic amines) is 1. The van der Waals surface area contributed by atoms with Gasteiger partial charge in [-0.15, -0.1) is 0 Å². The fourth-order valence-corrected chi connectivity index (χ4v) is 2.72. The van der Waals surface area contributed by atoms with Crippen molar-refractivity contribution in [3.05, 3.63) is 35.1 Å². The number of piperidine rings is 1. The number of rotatable bonds is 3. The molecule has 1 N–H and O–H groups in total. The predicted molar refractivity (Wildman–Crippen MR) is 84.4 cm³/mol. The molecule has 23 heavy (non-hydrogen) atoms. The molecular formula is C17H23FN2O3. The summed E-state index contributed by atoms with van der Waals surface area (Å²) in [5.74, 6) is -0.622. The number of amides is 2.